The van der Waals surface area contributed by atoms with Crippen LogP contribution >= 0.6 is 11.6 Å². The lowest BCUT2D eigenvalue weighted by molar-refractivity contribution is -0.192. The van der Waals surface area contributed by atoms with Gasteiger partial charge >= 0.3 is 18.1 Å². The number of aliphatic carboxylic acids is 1. The zero-order valence-corrected chi connectivity index (χ0v) is 21.5. The van der Waals surface area contributed by atoms with E-state index >= 15 is 0 Å². The summed E-state index contributed by atoms with van der Waals surface area (Å²) < 4.78 is 31.7. The summed E-state index contributed by atoms with van der Waals surface area (Å²) in [5.41, 5.74) is 4.05. The summed E-state index contributed by atoms with van der Waals surface area (Å²) >= 11 is 6.17. The van der Waals surface area contributed by atoms with Crippen molar-refractivity contribution in [3.8, 4) is 0 Å². The SMILES string of the molecule is Cc1ccc(Cl)cc1N1CCN(c2ccc(NC(=O)c3ccccc3)cc2C(=O)O)CC1.O=C(O)C(F)(F)F. The van der Waals surface area contributed by atoms with Crippen LogP contribution in [0.1, 0.15) is 26.3 Å². The van der Waals surface area contributed by atoms with Gasteiger partial charge in [0, 0.05) is 48.1 Å². The van der Waals surface area contributed by atoms with Crippen molar-refractivity contribution in [3.63, 3.8) is 0 Å². The number of rotatable bonds is 5. The van der Waals surface area contributed by atoms with E-state index in [-0.39, 0.29) is 11.5 Å². The van der Waals surface area contributed by atoms with Crippen LogP contribution in [0, 0.1) is 6.92 Å². The molecule has 0 aliphatic carbocycles. The highest BCUT2D eigenvalue weighted by atomic mass is 35.5. The number of amides is 1. The van der Waals surface area contributed by atoms with Gasteiger partial charge in [-0.15, -0.1) is 0 Å². The zero-order valence-electron chi connectivity index (χ0n) is 20.7. The maximum Gasteiger partial charge on any atom is 0.490 e. The summed E-state index contributed by atoms with van der Waals surface area (Å²) in [5.74, 6) is -4.06. The molecule has 1 fully saturated rings. The molecular formula is C27H25ClF3N3O5. The number of carbonyl (C=O) groups is 3. The Morgan fingerprint density at radius 3 is 1.95 bits per heavy atom. The topological polar surface area (TPSA) is 110 Å². The van der Waals surface area contributed by atoms with Crippen LogP contribution in [0.15, 0.2) is 66.7 Å². The lowest BCUT2D eigenvalue weighted by atomic mass is 10.1. The molecule has 0 aromatic heterocycles. The highest BCUT2D eigenvalue weighted by Crippen LogP contribution is 2.29. The van der Waals surface area contributed by atoms with Gasteiger partial charge in [-0.05, 0) is 55.0 Å². The molecule has 3 N–H and O–H groups in total. The van der Waals surface area contributed by atoms with E-state index in [1.165, 1.54) is 6.07 Å². The fourth-order valence-corrected chi connectivity index (χ4v) is 4.13. The smallest absolute Gasteiger partial charge is 0.478 e. The van der Waals surface area contributed by atoms with Gasteiger partial charge in [0.2, 0.25) is 0 Å². The first-order valence-corrected chi connectivity index (χ1v) is 12.0. The molecule has 4 rings (SSSR count). The molecule has 12 heteroatoms. The van der Waals surface area contributed by atoms with Crippen LogP contribution in [0.5, 0.6) is 0 Å². The Kier molecular flexibility index (Phi) is 9.42. The molecule has 3 aromatic carbocycles. The predicted molar refractivity (Wildman–Crippen MR) is 142 cm³/mol. The Hall–Kier alpha value is -4.25. The fourth-order valence-electron chi connectivity index (χ4n) is 3.97. The number of carboxylic acids is 2. The molecule has 1 saturated heterocycles. The van der Waals surface area contributed by atoms with Crippen LogP contribution in [0.4, 0.5) is 30.2 Å². The molecular weight excluding hydrogens is 539 g/mol. The van der Waals surface area contributed by atoms with E-state index in [4.69, 9.17) is 21.5 Å². The molecule has 0 radical (unpaired) electrons. The van der Waals surface area contributed by atoms with Gasteiger partial charge in [-0.1, -0.05) is 35.9 Å². The first-order chi connectivity index (χ1) is 18.4. The molecule has 0 unspecified atom stereocenters. The quantitative estimate of drug-likeness (QED) is 0.373. The van der Waals surface area contributed by atoms with Gasteiger partial charge < -0.3 is 25.3 Å². The van der Waals surface area contributed by atoms with Crippen LogP contribution in [0.25, 0.3) is 0 Å². The third kappa shape index (κ3) is 7.87. The van der Waals surface area contributed by atoms with Gasteiger partial charge in [-0.25, -0.2) is 9.59 Å². The summed E-state index contributed by atoms with van der Waals surface area (Å²) in [4.78, 5) is 37.6. The second-order valence-corrected chi connectivity index (χ2v) is 9.00. The monoisotopic (exact) mass is 563 g/mol. The molecule has 1 aliphatic rings. The Balaban J connectivity index is 0.000000532. The second kappa shape index (κ2) is 12.5. The van der Waals surface area contributed by atoms with Crippen LogP contribution in [0.3, 0.4) is 0 Å². The Morgan fingerprint density at radius 2 is 1.41 bits per heavy atom. The van der Waals surface area contributed by atoms with E-state index in [1.54, 1.807) is 36.4 Å². The maximum absolute atomic E-state index is 12.4. The molecule has 1 amide bonds. The molecule has 0 saturated carbocycles. The van der Waals surface area contributed by atoms with Gasteiger partial charge in [0.25, 0.3) is 5.91 Å². The second-order valence-electron chi connectivity index (χ2n) is 8.57. The predicted octanol–water partition coefficient (Wildman–Crippen LogP) is 5.56. The molecule has 39 heavy (non-hydrogen) atoms. The van der Waals surface area contributed by atoms with E-state index in [1.807, 2.05) is 24.3 Å². The number of halogens is 4. The highest BCUT2D eigenvalue weighted by molar-refractivity contribution is 6.30. The van der Waals surface area contributed by atoms with E-state index in [2.05, 4.69) is 22.0 Å². The normalized spacial score (nSPS) is 13.3. The third-order valence-corrected chi connectivity index (χ3v) is 6.13. The van der Waals surface area contributed by atoms with Gasteiger partial charge in [0.1, 0.15) is 0 Å². The number of carbonyl (C=O) groups excluding carboxylic acids is 1. The number of aryl methyl sites for hydroxylation is 1. The van der Waals surface area contributed by atoms with Crippen molar-refractivity contribution in [1.29, 1.82) is 0 Å². The number of piperazine rings is 1. The number of carboxylic acid groups (broad SMARTS) is 2. The Labute approximate surface area is 227 Å². The molecule has 8 nitrogen and oxygen atoms in total. The molecule has 0 atom stereocenters. The molecule has 3 aromatic rings. The summed E-state index contributed by atoms with van der Waals surface area (Å²) in [7, 11) is 0. The number of alkyl halides is 3. The van der Waals surface area contributed by atoms with Crippen molar-refractivity contribution in [2.75, 3.05) is 41.3 Å². The van der Waals surface area contributed by atoms with Crippen molar-refractivity contribution in [2.45, 2.75) is 13.1 Å². The highest BCUT2D eigenvalue weighted by Gasteiger charge is 2.38. The first-order valence-electron chi connectivity index (χ1n) is 11.7. The van der Waals surface area contributed by atoms with Crippen molar-refractivity contribution >= 4 is 46.5 Å². The fraction of sp³-hybridized carbons (Fsp3) is 0.222. The van der Waals surface area contributed by atoms with Crippen molar-refractivity contribution in [3.05, 3.63) is 88.4 Å². The summed E-state index contributed by atoms with van der Waals surface area (Å²) in [6.45, 7) is 4.94. The lowest BCUT2D eigenvalue weighted by Crippen LogP contribution is -2.47. The molecule has 0 spiro atoms. The summed E-state index contributed by atoms with van der Waals surface area (Å²) in [6, 6.07) is 19.7. The first kappa shape index (κ1) is 29.3. The van der Waals surface area contributed by atoms with Crippen molar-refractivity contribution in [2.24, 2.45) is 0 Å². The van der Waals surface area contributed by atoms with Crippen molar-refractivity contribution in [1.82, 2.24) is 0 Å². The standard InChI is InChI=1S/C25H24ClN3O3.C2HF3O2/c1-17-7-8-19(26)15-23(17)29-13-11-28(12-14-29)22-10-9-20(16-21(22)25(31)32)27-24(30)18-5-3-2-4-6-18;3-2(4,5)1(6)7/h2-10,15-16H,11-14H2,1H3,(H,27,30)(H,31,32);(H,6,7). The number of hydrogen-bond acceptors (Lipinski definition) is 5. The lowest BCUT2D eigenvalue weighted by Gasteiger charge is -2.38. The van der Waals surface area contributed by atoms with E-state index < -0.39 is 18.1 Å². The third-order valence-electron chi connectivity index (χ3n) is 5.90. The maximum atomic E-state index is 12.4. The number of nitrogens with one attached hydrogen (secondary N) is 1. The number of nitrogens with zero attached hydrogens (tertiary/aromatic N) is 2. The number of anilines is 3. The summed E-state index contributed by atoms with van der Waals surface area (Å²) in [5, 5.41) is 20.4. The molecule has 206 valence electrons. The van der Waals surface area contributed by atoms with E-state index in [0.29, 0.717) is 35.1 Å². The van der Waals surface area contributed by atoms with Crippen LogP contribution < -0.4 is 15.1 Å². The van der Waals surface area contributed by atoms with Gasteiger partial charge in [-0.3, -0.25) is 4.79 Å². The van der Waals surface area contributed by atoms with Crippen molar-refractivity contribution < 1.29 is 37.8 Å². The molecule has 0 bridgehead atoms. The zero-order chi connectivity index (χ0) is 28.7. The van der Waals surface area contributed by atoms with E-state index in [0.717, 1.165) is 24.3 Å². The minimum absolute atomic E-state index is 0.170. The van der Waals surface area contributed by atoms with E-state index in [9.17, 15) is 27.9 Å². The Bertz CT molecular complexity index is 1340. The van der Waals surface area contributed by atoms with Gasteiger partial charge in [0.15, 0.2) is 0 Å². The minimum Gasteiger partial charge on any atom is -0.478 e. The van der Waals surface area contributed by atoms with Gasteiger partial charge in [0.05, 0.1) is 11.3 Å². The Morgan fingerprint density at radius 1 is 0.846 bits per heavy atom. The van der Waals surface area contributed by atoms with Crippen LogP contribution in [-0.4, -0.2) is 60.4 Å². The number of benzene rings is 3. The number of hydrogen-bond donors (Lipinski definition) is 3. The average molecular weight is 564 g/mol. The molecule has 1 heterocycles. The minimum atomic E-state index is -5.08. The van der Waals surface area contributed by atoms with Crippen LogP contribution in [0.2, 0.25) is 5.02 Å². The summed E-state index contributed by atoms with van der Waals surface area (Å²) in [6.07, 6.45) is -5.08. The number of aromatic carboxylic acids is 1. The largest absolute Gasteiger partial charge is 0.490 e. The average Bonchev–Trinajstić information content (AvgIpc) is 2.90. The van der Waals surface area contributed by atoms with Gasteiger partial charge in [-0.2, -0.15) is 13.2 Å². The molecule has 1 aliphatic heterocycles. The van der Waals surface area contributed by atoms with Crippen LogP contribution in [-0.2, 0) is 4.79 Å².